The van der Waals surface area contributed by atoms with Crippen LogP contribution in [0.15, 0.2) is 12.3 Å². The SMILES string of the molecule is CCCc1cc(C)cnc1N. The van der Waals surface area contributed by atoms with Gasteiger partial charge in [0.05, 0.1) is 0 Å². The van der Waals surface area contributed by atoms with Crippen LogP contribution in [0.1, 0.15) is 24.5 Å². The maximum absolute atomic E-state index is 5.66. The summed E-state index contributed by atoms with van der Waals surface area (Å²) in [6.07, 6.45) is 3.95. The molecule has 0 amide bonds. The second-order valence-electron chi connectivity index (χ2n) is 2.81. The van der Waals surface area contributed by atoms with Crippen LogP contribution in [0.4, 0.5) is 5.82 Å². The number of nitrogen functional groups attached to an aromatic ring is 1. The first-order chi connectivity index (χ1) is 5.24. The van der Waals surface area contributed by atoms with Crippen molar-refractivity contribution in [3.8, 4) is 0 Å². The van der Waals surface area contributed by atoms with Gasteiger partial charge in [0.1, 0.15) is 5.82 Å². The summed E-state index contributed by atoms with van der Waals surface area (Å²) in [7, 11) is 0. The number of hydrogen-bond donors (Lipinski definition) is 1. The van der Waals surface area contributed by atoms with Gasteiger partial charge in [0, 0.05) is 6.20 Å². The first-order valence-electron chi connectivity index (χ1n) is 3.95. The molecule has 0 spiro atoms. The standard InChI is InChI=1S/C9H14N2/c1-3-4-8-5-7(2)6-11-9(8)10/h5-6H,3-4H2,1-2H3,(H2,10,11). The first kappa shape index (κ1) is 8.05. The quantitative estimate of drug-likeness (QED) is 0.699. The predicted octanol–water partition coefficient (Wildman–Crippen LogP) is 1.92. The normalized spacial score (nSPS) is 10.0. The van der Waals surface area contributed by atoms with Crippen molar-refractivity contribution in [2.24, 2.45) is 0 Å². The van der Waals surface area contributed by atoms with Gasteiger partial charge in [0.2, 0.25) is 0 Å². The Bertz CT molecular complexity index is 243. The molecule has 1 aromatic heterocycles. The number of rotatable bonds is 2. The van der Waals surface area contributed by atoms with Crippen molar-refractivity contribution >= 4 is 5.82 Å². The van der Waals surface area contributed by atoms with E-state index in [4.69, 9.17) is 5.73 Å². The average molecular weight is 150 g/mol. The van der Waals surface area contributed by atoms with Crippen LogP contribution >= 0.6 is 0 Å². The Hall–Kier alpha value is -1.05. The third-order valence-electron chi connectivity index (χ3n) is 1.66. The van der Waals surface area contributed by atoms with Crippen molar-refractivity contribution in [3.05, 3.63) is 23.4 Å². The van der Waals surface area contributed by atoms with Crippen molar-refractivity contribution in [1.82, 2.24) is 4.98 Å². The Balaban J connectivity index is 2.93. The van der Waals surface area contributed by atoms with Crippen LogP contribution in [0.2, 0.25) is 0 Å². The zero-order valence-corrected chi connectivity index (χ0v) is 7.09. The minimum Gasteiger partial charge on any atom is -0.383 e. The van der Waals surface area contributed by atoms with Crippen molar-refractivity contribution < 1.29 is 0 Å². The largest absolute Gasteiger partial charge is 0.383 e. The Labute approximate surface area is 67.5 Å². The monoisotopic (exact) mass is 150 g/mol. The van der Waals surface area contributed by atoms with Gasteiger partial charge in [-0.15, -0.1) is 0 Å². The fourth-order valence-electron chi connectivity index (χ4n) is 1.11. The van der Waals surface area contributed by atoms with Gasteiger partial charge >= 0.3 is 0 Å². The minimum absolute atomic E-state index is 0.678. The van der Waals surface area contributed by atoms with E-state index in [1.54, 1.807) is 6.20 Å². The van der Waals surface area contributed by atoms with Crippen LogP contribution in [0, 0.1) is 6.92 Å². The molecule has 2 N–H and O–H groups in total. The second kappa shape index (κ2) is 3.37. The van der Waals surface area contributed by atoms with E-state index in [1.807, 2.05) is 6.92 Å². The van der Waals surface area contributed by atoms with Crippen LogP contribution in [-0.4, -0.2) is 4.98 Å². The second-order valence-corrected chi connectivity index (χ2v) is 2.81. The van der Waals surface area contributed by atoms with Crippen LogP contribution in [0.3, 0.4) is 0 Å². The van der Waals surface area contributed by atoms with Gasteiger partial charge < -0.3 is 5.73 Å². The van der Waals surface area contributed by atoms with Crippen molar-refractivity contribution in [3.63, 3.8) is 0 Å². The molecule has 0 aliphatic heterocycles. The van der Waals surface area contributed by atoms with Crippen LogP contribution in [-0.2, 0) is 6.42 Å². The number of hydrogen-bond acceptors (Lipinski definition) is 2. The smallest absolute Gasteiger partial charge is 0.126 e. The number of aromatic nitrogens is 1. The van der Waals surface area contributed by atoms with Gasteiger partial charge in [-0.25, -0.2) is 4.98 Å². The summed E-state index contributed by atoms with van der Waals surface area (Å²) < 4.78 is 0. The average Bonchev–Trinajstić information content (AvgIpc) is 1.98. The highest BCUT2D eigenvalue weighted by atomic mass is 14.8. The third kappa shape index (κ3) is 1.93. The topological polar surface area (TPSA) is 38.9 Å². The van der Waals surface area contributed by atoms with Crippen molar-refractivity contribution in [2.75, 3.05) is 5.73 Å². The summed E-state index contributed by atoms with van der Waals surface area (Å²) in [5.41, 5.74) is 8.02. The lowest BCUT2D eigenvalue weighted by Crippen LogP contribution is -1.97. The molecular weight excluding hydrogens is 136 g/mol. The van der Waals surface area contributed by atoms with Gasteiger partial charge in [-0.3, -0.25) is 0 Å². The highest BCUT2D eigenvalue weighted by Crippen LogP contribution is 2.11. The van der Waals surface area contributed by atoms with Gasteiger partial charge in [-0.05, 0) is 24.5 Å². The summed E-state index contributed by atoms with van der Waals surface area (Å²) in [5.74, 6) is 0.678. The summed E-state index contributed by atoms with van der Waals surface area (Å²) in [5, 5.41) is 0. The summed E-state index contributed by atoms with van der Waals surface area (Å²) in [6, 6.07) is 2.10. The first-order valence-corrected chi connectivity index (χ1v) is 3.95. The lowest BCUT2D eigenvalue weighted by atomic mass is 10.1. The van der Waals surface area contributed by atoms with Crippen molar-refractivity contribution in [1.29, 1.82) is 0 Å². The van der Waals surface area contributed by atoms with Crippen LogP contribution in [0.25, 0.3) is 0 Å². The van der Waals surface area contributed by atoms with E-state index < -0.39 is 0 Å². The molecule has 1 aromatic rings. The summed E-state index contributed by atoms with van der Waals surface area (Å²) in [4.78, 5) is 4.08. The fourth-order valence-corrected chi connectivity index (χ4v) is 1.11. The molecule has 0 unspecified atom stereocenters. The Morgan fingerprint density at radius 1 is 1.55 bits per heavy atom. The molecule has 0 aliphatic rings. The van der Waals surface area contributed by atoms with E-state index in [9.17, 15) is 0 Å². The fraction of sp³-hybridized carbons (Fsp3) is 0.444. The van der Waals surface area contributed by atoms with E-state index in [0.29, 0.717) is 5.82 Å². The van der Waals surface area contributed by atoms with E-state index >= 15 is 0 Å². The van der Waals surface area contributed by atoms with Gasteiger partial charge in [0.25, 0.3) is 0 Å². The lowest BCUT2D eigenvalue weighted by molar-refractivity contribution is 0.915. The molecule has 11 heavy (non-hydrogen) atoms. The Kier molecular flexibility index (Phi) is 2.47. The maximum Gasteiger partial charge on any atom is 0.126 e. The molecule has 0 saturated heterocycles. The summed E-state index contributed by atoms with van der Waals surface area (Å²) >= 11 is 0. The molecule has 0 aliphatic carbocycles. The molecule has 60 valence electrons. The molecule has 2 nitrogen and oxygen atoms in total. The predicted molar refractivity (Wildman–Crippen MR) is 47.4 cm³/mol. The minimum atomic E-state index is 0.678. The van der Waals surface area contributed by atoms with Gasteiger partial charge in [-0.2, -0.15) is 0 Å². The number of anilines is 1. The van der Waals surface area contributed by atoms with E-state index in [1.165, 1.54) is 11.1 Å². The molecule has 0 fully saturated rings. The molecule has 0 atom stereocenters. The molecule has 0 radical (unpaired) electrons. The van der Waals surface area contributed by atoms with Crippen LogP contribution in [0.5, 0.6) is 0 Å². The lowest BCUT2D eigenvalue weighted by Gasteiger charge is -2.02. The molecule has 0 bridgehead atoms. The molecular formula is C9H14N2. The molecule has 2 heteroatoms. The summed E-state index contributed by atoms with van der Waals surface area (Å²) in [6.45, 7) is 4.17. The molecule has 1 heterocycles. The van der Waals surface area contributed by atoms with Crippen molar-refractivity contribution in [2.45, 2.75) is 26.7 Å². The number of nitrogens with zero attached hydrogens (tertiary/aromatic N) is 1. The number of pyridine rings is 1. The Morgan fingerprint density at radius 2 is 2.27 bits per heavy atom. The molecule has 0 saturated carbocycles. The maximum atomic E-state index is 5.66. The molecule has 0 aromatic carbocycles. The number of aryl methyl sites for hydroxylation is 2. The van der Waals surface area contributed by atoms with E-state index in [-0.39, 0.29) is 0 Å². The zero-order chi connectivity index (χ0) is 8.27. The van der Waals surface area contributed by atoms with Gasteiger partial charge in [-0.1, -0.05) is 19.4 Å². The van der Waals surface area contributed by atoms with E-state index in [2.05, 4.69) is 18.0 Å². The zero-order valence-electron chi connectivity index (χ0n) is 7.09. The number of nitrogens with two attached hydrogens (primary N) is 1. The Morgan fingerprint density at radius 3 is 2.91 bits per heavy atom. The van der Waals surface area contributed by atoms with E-state index in [0.717, 1.165) is 12.8 Å². The molecule has 1 rings (SSSR count). The van der Waals surface area contributed by atoms with Gasteiger partial charge in [0.15, 0.2) is 0 Å². The highest BCUT2D eigenvalue weighted by molar-refractivity contribution is 5.40. The van der Waals surface area contributed by atoms with Crippen LogP contribution < -0.4 is 5.73 Å². The highest BCUT2D eigenvalue weighted by Gasteiger charge is 1.97. The third-order valence-corrected chi connectivity index (χ3v) is 1.66.